The van der Waals surface area contributed by atoms with Gasteiger partial charge in [-0.2, -0.15) is 4.99 Å². The Bertz CT molecular complexity index is 746. The summed E-state index contributed by atoms with van der Waals surface area (Å²) < 4.78 is 1.61. The first kappa shape index (κ1) is 15.9. The fourth-order valence-corrected chi connectivity index (χ4v) is 2.62. The van der Waals surface area contributed by atoms with E-state index in [1.54, 1.807) is 11.5 Å². The molecule has 1 aromatic carbocycles. The van der Waals surface area contributed by atoms with Crippen LogP contribution in [0.1, 0.15) is 18.1 Å². The summed E-state index contributed by atoms with van der Waals surface area (Å²) in [6.07, 6.45) is 1.41. The van der Waals surface area contributed by atoms with E-state index in [0.717, 1.165) is 22.5 Å². The molecule has 2 rings (SSSR count). The largest absolute Gasteiger partial charge is 0.343 e. The summed E-state index contributed by atoms with van der Waals surface area (Å²) in [6, 6.07) is 7.33. The van der Waals surface area contributed by atoms with Crippen molar-refractivity contribution in [2.24, 2.45) is 4.99 Å². The molecule has 1 N–H and O–H groups in total. The van der Waals surface area contributed by atoms with Gasteiger partial charge in [-0.3, -0.25) is 10.1 Å². The van der Waals surface area contributed by atoms with E-state index in [2.05, 4.69) is 10.3 Å². The number of thiazole rings is 1. The van der Waals surface area contributed by atoms with Crippen LogP contribution in [0.5, 0.6) is 0 Å². The van der Waals surface area contributed by atoms with Crippen molar-refractivity contribution in [3.05, 3.63) is 56.5 Å². The van der Waals surface area contributed by atoms with Gasteiger partial charge in [-0.1, -0.05) is 29.8 Å². The second kappa shape index (κ2) is 6.99. The van der Waals surface area contributed by atoms with Crippen LogP contribution in [0.3, 0.4) is 0 Å². The predicted octanol–water partition coefficient (Wildman–Crippen LogP) is 2.44. The quantitative estimate of drug-likeness (QED) is 0.693. The molecule has 0 aliphatic rings. The van der Waals surface area contributed by atoms with E-state index in [1.165, 1.54) is 6.20 Å². The van der Waals surface area contributed by atoms with Crippen LogP contribution in [0.25, 0.3) is 0 Å². The first-order chi connectivity index (χ1) is 10.5. The van der Waals surface area contributed by atoms with E-state index < -0.39 is 11.0 Å². The van der Waals surface area contributed by atoms with Crippen LogP contribution in [-0.2, 0) is 6.54 Å². The highest BCUT2D eigenvalue weighted by Gasteiger charge is 2.13. The topological polar surface area (TPSA) is 89.5 Å². The Kier molecular flexibility index (Phi) is 5.05. The maximum atomic E-state index is 11.6. The summed E-state index contributed by atoms with van der Waals surface area (Å²) in [5.41, 5.74) is 2.12. The molecule has 1 aromatic heterocycles. The van der Waals surface area contributed by atoms with Crippen molar-refractivity contribution in [2.75, 3.05) is 6.54 Å². The van der Waals surface area contributed by atoms with E-state index in [9.17, 15) is 14.9 Å². The zero-order valence-electron chi connectivity index (χ0n) is 12.3. The molecule has 1 heterocycles. The van der Waals surface area contributed by atoms with Gasteiger partial charge in [-0.05, 0) is 30.7 Å². The van der Waals surface area contributed by atoms with Gasteiger partial charge in [0.2, 0.25) is 4.80 Å². The number of aromatic nitrogens is 1. The first-order valence-electron chi connectivity index (χ1n) is 6.72. The highest BCUT2D eigenvalue weighted by atomic mass is 32.1. The maximum Gasteiger partial charge on any atom is 0.343 e. The SMILES string of the molecule is CCNC(=O)N=c1sc([N+](=O)[O-])cn1Cc1ccc(C)cc1. The van der Waals surface area contributed by atoms with Gasteiger partial charge < -0.3 is 9.88 Å². The lowest BCUT2D eigenvalue weighted by atomic mass is 10.1. The normalized spacial score (nSPS) is 11.5. The van der Waals surface area contributed by atoms with E-state index in [1.807, 2.05) is 31.2 Å². The highest BCUT2D eigenvalue weighted by Crippen LogP contribution is 2.15. The lowest BCUT2D eigenvalue weighted by Gasteiger charge is -2.03. The average Bonchev–Trinajstić information content (AvgIpc) is 2.85. The molecule has 0 unspecified atom stereocenters. The van der Waals surface area contributed by atoms with Crippen LogP contribution >= 0.6 is 11.3 Å². The van der Waals surface area contributed by atoms with Gasteiger partial charge in [0, 0.05) is 6.54 Å². The fourth-order valence-electron chi connectivity index (χ4n) is 1.82. The molecule has 0 aliphatic heterocycles. The number of amides is 2. The van der Waals surface area contributed by atoms with E-state index in [0.29, 0.717) is 17.9 Å². The van der Waals surface area contributed by atoms with Gasteiger partial charge in [0.25, 0.3) is 0 Å². The van der Waals surface area contributed by atoms with Crippen LogP contribution in [0, 0.1) is 17.0 Å². The predicted molar refractivity (Wildman–Crippen MR) is 83.9 cm³/mol. The summed E-state index contributed by atoms with van der Waals surface area (Å²) in [5, 5.41) is 13.4. The lowest BCUT2D eigenvalue weighted by molar-refractivity contribution is -0.380. The minimum Gasteiger partial charge on any atom is -0.336 e. The van der Waals surface area contributed by atoms with Crippen molar-refractivity contribution in [1.29, 1.82) is 0 Å². The number of nitro groups is 1. The number of carbonyl (C=O) groups excluding carboxylic acids is 1. The first-order valence-corrected chi connectivity index (χ1v) is 7.54. The van der Waals surface area contributed by atoms with E-state index in [-0.39, 0.29) is 5.00 Å². The Morgan fingerprint density at radius 3 is 2.68 bits per heavy atom. The van der Waals surface area contributed by atoms with Crippen molar-refractivity contribution in [3.63, 3.8) is 0 Å². The minimum atomic E-state index is -0.503. The second-order valence-corrected chi connectivity index (χ2v) is 5.66. The van der Waals surface area contributed by atoms with E-state index >= 15 is 0 Å². The van der Waals surface area contributed by atoms with Crippen LogP contribution in [0.4, 0.5) is 9.80 Å². The number of aryl methyl sites for hydroxylation is 1. The molecule has 8 heteroatoms. The molecular weight excluding hydrogens is 304 g/mol. The Hall–Kier alpha value is -2.48. The molecule has 0 spiro atoms. The van der Waals surface area contributed by atoms with Gasteiger partial charge in [0.15, 0.2) is 0 Å². The summed E-state index contributed by atoms with van der Waals surface area (Å²) in [4.78, 5) is 26.2. The van der Waals surface area contributed by atoms with Crippen LogP contribution < -0.4 is 10.1 Å². The molecule has 0 saturated heterocycles. The third-order valence-electron chi connectivity index (χ3n) is 2.89. The molecular formula is C14H16N4O3S. The summed E-state index contributed by atoms with van der Waals surface area (Å²) in [6.45, 7) is 4.64. The zero-order valence-corrected chi connectivity index (χ0v) is 13.1. The van der Waals surface area contributed by atoms with Crippen molar-refractivity contribution in [1.82, 2.24) is 9.88 Å². The number of nitrogens with one attached hydrogen (secondary N) is 1. The molecule has 116 valence electrons. The van der Waals surface area contributed by atoms with Crippen LogP contribution in [0.15, 0.2) is 35.5 Å². The zero-order chi connectivity index (χ0) is 16.1. The standard InChI is InChI=1S/C14H16N4O3S/c1-3-15-13(19)16-14-17(9-12(22-14)18(20)21)8-11-6-4-10(2)5-7-11/h4-7,9H,3,8H2,1-2H3,(H,15,19). The number of urea groups is 1. The maximum absolute atomic E-state index is 11.6. The molecule has 2 amide bonds. The van der Waals surface area contributed by atoms with Crippen molar-refractivity contribution in [3.8, 4) is 0 Å². The molecule has 7 nitrogen and oxygen atoms in total. The second-order valence-electron chi connectivity index (χ2n) is 4.67. The Labute approximate surface area is 131 Å². The van der Waals surface area contributed by atoms with Crippen molar-refractivity contribution < 1.29 is 9.72 Å². The molecule has 22 heavy (non-hydrogen) atoms. The smallest absolute Gasteiger partial charge is 0.336 e. The molecule has 0 fully saturated rings. The summed E-state index contributed by atoms with van der Waals surface area (Å²) >= 11 is 0.881. The monoisotopic (exact) mass is 320 g/mol. The molecule has 0 saturated carbocycles. The molecule has 0 atom stereocenters. The third-order valence-corrected chi connectivity index (χ3v) is 3.86. The minimum absolute atomic E-state index is 0.0461. The molecule has 0 radical (unpaired) electrons. The third kappa shape index (κ3) is 4.01. The van der Waals surface area contributed by atoms with E-state index in [4.69, 9.17) is 0 Å². The number of benzene rings is 1. The number of rotatable bonds is 4. The van der Waals surface area contributed by atoms with Gasteiger partial charge in [0.05, 0.1) is 17.7 Å². The van der Waals surface area contributed by atoms with Gasteiger partial charge in [-0.25, -0.2) is 4.79 Å². The van der Waals surface area contributed by atoms with Gasteiger partial charge >= 0.3 is 11.0 Å². The highest BCUT2D eigenvalue weighted by molar-refractivity contribution is 7.12. The molecule has 2 aromatic rings. The average molecular weight is 320 g/mol. The Balaban J connectivity index is 2.38. The van der Waals surface area contributed by atoms with Crippen molar-refractivity contribution >= 4 is 22.4 Å². The number of nitrogens with zero attached hydrogens (tertiary/aromatic N) is 3. The summed E-state index contributed by atoms with van der Waals surface area (Å²) in [5.74, 6) is 0. The summed E-state index contributed by atoms with van der Waals surface area (Å²) in [7, 11) is 0. The lowest BCUT2D eigenvalue weighted by Crippen LogP contribution is -2.24. The number of carbonyl (C=O) groups is 1. The fraction of sp³-hybridized carbons (Fsp3) is 0.286. The Morgan fingerprint density at radius 1 is 1.41 bits per heavy atom. The van der Waals surface area contributed by atoms with Gasteiger partial charge in [-0.15, -0.1) is 0 Å². The van der Waals surface area contributed by atoms with Gasteiger partial charge in [0.1, 0.15) is 0 Å². The number of hydrogen-bond donors (Lipinski definition) is 1. The van der Waals surface area contributed by atoms with Crippen molar-refractivity contribution in [2.45, 2.75) is 20.4 Å². The molecule has 0 bridgehead atoms. The number of hydrogen-bond acceptors (Lipinski definition) is 4. The van der Waals surface area contributed by atoms with Crippen LogP contribution in [0.2, 0.25) is 0 Å². The Morgan fingerprint density at radius 2 is 2.09 bits per heavy atom. The molecule has 0 aliphatic carbocycles. The van der Waals surface area contributed by atoms with Crippen LogP contribution in [-0.4, -0.2) is 22.1 Å².